The van der Waals surface area contributed by atoms with Gasteiger partial charge >= 0.3 is 11.9 Å². The van der Waals surface area contributed by atoms with Gasteiger partial charge in [0, 0.05) is 5.69 Å². The van der Waals surface area contributed by atoms with Gasteiger partial charge in [0.25, 0.3) is 0 Å². The van der Waals surface area contributed by atoms with Crippen LogP contribution in [0.15, 0.2) is 42.5 Å². The van der Waals surface area contributed by atoms with E-state index in [0.29, 0.717) is 5.75 Å². The SMILES string of the molecule is Nc1ccc(OCc2ccc(C(=O)O)cc2)cc1C(=O)O. The molecule has 0 saturated carbocycles. The van der Waals surface area contributed by atoms with Crippen LogP contribution in [0.5, 0.6) is 5.75 Å². The predicted molar refractivity (Wildman–Crippen MR) is 75.5 cm³/mol. The van der Waals surface area contributed by atoms with Crippen LogP contribution < -0.4 is 10.5 Å². The molecule has 0 heterocycles. The summed E-state index contributed by atoms with van der Waals surface area (Å²) in [4.78, 5) is 21.7. The standard InChI is InChI=1S/C15H13NO5/c16-13-6-5-11(7-12(13)15(19)20)21-8-9-1-3-10(4-2-9)14(17)18/h1-7H,8,16H2,(H,17,18)(H,19,20). The molecule has 0 fully saturated rings. The van der Waals surface area contributed by atoms with Crippen LogP contribution in [-0.2, 0) is 6.61 Å². The second-order valence-corrected chi connectivity index (χ2v) is 4.34. The highest BCUT2D eigenvalue weighted by Gasteiger charge is 2.09. The van der Waals surface area contributed by atoms with Gasteiger partial charge in [0.1, 0.15) is 12.4 Å². The molecule has 0 spiro atoms. The van der Waals surface area contributed by atoms with E-state index < -0.39 is 11.9 Å². The van der Waals surface area contributed by atoms with Crippen molar-refractivity contribution in [1.29, 1.82) is 0 Å². The van der Waals surface area contributed by atoms with E-state index in [1.54, 1.807) is 18.2 Å². The van der Waals surface area contributed by atoms with E-state index in [9.17, 15) is 9.59 Å². The number of hydrogen-bond acceptors (Lipinski definition) is 4. The Bertz CT molecular complexity index is 679. The highest BCUT2D eigenvalue weighted by atomic mass is 16.5. The number of hydrogen-bond donors (Lipinski definition) is 3. The highest BCUT2D eigenvalue weighted by molar-refractivity contribution is 5.94. The largest absolute Gasteiger partial charge is 0.489 e. The van der Waals surface area contributed by atoms with E-state index >= 15 is 0 Å². The summed E-state index contributed by atoms with van der Waals surface area (Å²) in [6.45, 7) is 0.197. The molecule has 2 aromatic carbocycles. The molecule has 0 atom stereocenters. The predicted octanol–water partition coefficient (Wildman–Crippen LogP) is 2.24. The maximum Gasteiger partial charge on any atom is 0.337 e. The molecule has 0 bridgehead atoms. The minimum absolute atomic E-state index is 0.0197. The average Bonchev–Trinajstić information content (AvgIpc) is 2.46. The summed E-state index contributed by atoms with van der Waals surface area (Å²) in [6.07, 6.45) is 0. The van der Waals surface area contributed by atoms with E-state index in [0.717, 1.165) is 5.56 Å². The lowest BCUT2D eigenvalue weighted by molar-refractivity contribution is 0.0686. The third kappa shape index (κ3) is 3.50. The quantitative estimate of drug-likeness (QED) is 0.727. The van der Waals surface area contributed by atoms with Crippen LogP contribution in [0.25, 0.3) is 0 Å². The second kappa shape index (κ2) is 5.96. The lowest BCUT2D eigenvalue weighted by atomic mass is 10.1. The van der Waals surface area contributed by atoms with Crippen molar-refractivity contribution in [2.45, 2.75) is 6.61 Å². The van der Waals surface area contributed by atoms with Crippen molar-refractivity contribution in [3.8, 4) is 5.75 Å². The van der Waals surface area contributed by atoms with Crippen LogP contribution in [0.2, 0.25) is 0 Å². The molecule has 6 nitrogen and oxygen atoms in total. The Labute approximate surface area is 120 Å². The Hall–Kier alpha value is -3.02. The van der Waals surface area contributed by atoms with Gasteiger partial charge in [-0.1, -0.05) is 12.1 Å². The number of carbonyl (C=O) groups is 2. The lowest BCUT2D eigenvalue weighted by Gasteiger charge is -2.08. The topological polar surface area (TPSA) is 110 Å². The van der Waals surface area contributed by atoms with E-state index in [2.05, 4.69) is 0 Å². The van der Waals surface area contributed by atoms with Crippen molar-refractivity contribution in [2.24, 2.45) is 0 Å². The summed E-state index contributed by atoms with van der Waals surface area (Å²) in [5, 5.41) is 17.8. The van der Waals surface area contributed by atoms with Gasteiger partial charge in [-0.15, -0.1) is 0 Å². The fourth-order valence-electron chi connectivity index (χ4n) is 1.72. The maximum absolute atomic E-state index is 11.0. The number of nitrogen functional groups attached to an aromatic ring is 1. The molecule has 4 N–H and O–H groups in total. The normalized spacial score (nSPS) is 10.1. The summed E-state index contributed by atoms with van der Waals surface area (Å²) in [7, 11) is 0. The Morgan fingerprint density at radius 2 is 1.67 bits per heavy atom. The summed E-state index contributed by atoms with van der Waals surface area (Å²) in [5.74, 6) is -1.74. The molecule has 2 aromatic rings. The molecule has 0 aliphatic heterocycles. The van der Waals surface area contributed by atoms with E-state index in [-0.39, 0.29) is 23.4 Å². The molecule has 0 saturated heterocycles. The van der Waals surface area contributed by atoms with Crippen LogP contribution >= 0.6 is 0 Å². The molecule has 0 unspecified atom stereocenters. The third-order valence-electron chi connectivity index (χ3n) is 2.86. The fourth-order valence-corrected chi connectivity index (χ4v) is 1.72. The molecule has 0 aliphatic rings. The van der Waals surface area contributed by atoms with Gasteiger partial charge < -0.3 is 20.7 Å². The number of carboxylic acids is 2. The molecule has 0 aliphatic carbocycles. The van der Waals surface area contributed by atoms with Crippen molar-refractivity contribution in [3.63, 3.8) is 0 Å². The number of carboxylic acid groups (broad SMARTS) is 2. The zero-order valence-corrected chi connectivity index (χ0v) is 10.9. The number of nitrogens with two attached hydrogens (primary N) is 1. The maximum atomic E-state index is 11.0. The minimum atomic E-state index is -1.12. The van der Waals surface area contributed by atoms with Crippen LogP contribution in [0.4, 0.5) is 5.69 Å². The first-order chi connectivity index (χ1) is 9.97. The molecular formula is C15H13NO5. The van der Waals surface area contributed by atoms with Gasteiger partial charge in [-0.25, -0.2) is 9.59 Å². The molecule has 0 aromatic heterocycles. The molecular weight excluding hydrogens is 274 g/mol. The Kier molecular flexibility index (Phi) is 4.08. The zero-order chi connectivity index (χ0) is 15.4. The summed E-state index contributed by atoms with van der Waals surface area (Å²) < 4.78 is 5.47. The number of ether oxygens (including phenoxy) is 1. The Morgan fingerprint density at radius 3 is 2.24 bits per heavy atom. The second-order valence-electron chi connectivity index (χ2n) is 4.34. The molecule has 6 heteroatoms. The Balaban J connectivity index is 2.07. The van der Waals surface area contributed by atoms with Gasteiger partial charge in [-0.05, 0) is 35.9 Å². The smallest absolute Gasteiger partial charge is 0.337 e. The van der Waals surface area contributed by atoms with Crippen LogP contribution in [-0.4, -0.2) is 22.2 Å². The fraction of sp³-hybridized carbons (Fsp3) is 0.0667. The first-order valence-corrected chi connectivity index (χ1v) is 6.05. The number of anilines is 1. The summed E-state index contributed by atoms with van der Waals surface area (Å²) in [5.41, 5.74) is 6.66. The zero-order valence-electron chi connectivity index (χ0n) is 10.9. The molecule has 2 rings (SSSR count). The number of benzene rings is 2. The van der Waals surface area contributed by atoms with Gasteiger partial charge in [0.15, 0.2) is 0 Å². The van der Waals surface area contributed by atoms with Crippen molar-refractivity contribution in [2.75, 3.05) is 5.73 Å². The average molecular weight is 287 g/mol. The van der Waals surface area contributed by atoms with E-state index in [1.165, 1.54) is 24.3 Å². The van der Waals surface area contributed by atoms with Gasteiger partial charge in [0.2, 0.25) is 0 Å². The van der Waals surface area contributed by atoms with Crippen LogP contribution in [0.3, 0.4) is 0 Å². The van der Waals surface area contributed by atoms with E-state index in [1.807, 2.05) is 0 Å². The van der Waals surface area contributed by atoms with Gasteiger partial charge in [-0.3, -0.25) is 0 Å². The Morgan fingerprint density at radius 1 is 1.00 bits per heavy atom. The van der Waals surface area contributed by atoms with Gasteiger partial charge in [0.05, 0.1) is 11.1 Å². The molecule has 108 valence electrons. The highest BCUT2D eigenvalue weighted by Crippen LogP contribution is 2.20. The minimum Gasteiger partial charge on any atom is -0.489 e. The first-order valence-electron chi connectivity index (χ1n) is 6.05. The van der Waals surface area contributed by atoms with Crippen LogP contribution in [0.1, 0.15) is 26.3 Å². The molecule has 0 radical (unpaired) electrons. The molecule has 21 heavy (non-hydrogen) atoms. The van der Waals surface area contributed by atoms with Crippen molar-refractivity contribution in [3.05, 3.63) is 59.2 Å². The number of aromatic carboxylic acids is 2. The first kappa shape index (κ1) is 14.4. The van der Waals surface area contributed by atoms with Gasteiger partial charge in [-0.2, -0.15) is 0 Å². The monoisotopic (exact) mass is 287 g/mol. The van der Waals surface area contributed by atoms with Crippen molar-refractivity contribution >= 4 is 17.6 Å². The van der Waals surface area contributed by atoms with Crippen LogP contribution in [0, 0.1) is 0 Å². The molecule has 0 amide bonds. The summed E-state index contributed by atoms with van der Waals surface area (Å²) in [6, 6.07) is 10.6. The third-order valence-corrected chi connectivity index (χ3v) is 2.86. The van der Waals surface area contributed by atoms with E-state index in [4.69, 9.17) is 20.7 Å². The van der Waals surface area contributed by atoms with Crippen molar-refractivity contribution < 1.29 is 24.5 Å². The summed E-state index contributed by atoms with van der Waals surface area (Å²) >= 11 is 0. The number of rotatable bonds is 5. The van der Waals surface area contributed by atoms with Crippen molar-refractivity contribution in [1.82, 2.24) is 0 Å². The lowest BCUT2D eigenvalue weighted by Crippen LogP contribution is -2.04.